The van der Waals surface area contributed by atoms with Crippen LogP contribution in [0.5, 0.6) is 0 Å². The number of hydrogen-bond acceptors (Lipinski definition) is 2. The molecule has 1 aromatic carbocycles. The molecule has 0 aromatic heterocycles. The standard InChI is InChI=1S/C12H13ClN2O/c1-12(2)8-7-9-5-3-4-6-10(9)15(12)14-11(13)16/h3-8H,1-2H3,(H,14,16). The zero-order valence-corrected chi connectivity index (χ0v) is 9.95. The van der Waals surface area contributed by atoms with Crippen LogP contribution in [0.4, 0.5) is 10.5 Å². The van der Waals surface area contributed by atoms with Crippen molar-refractivity contribution in [3.8, 4) is 0 Å². The molecule has 2 rings (SSSR count). The summed E-state index contributed by atoms with van der Waals surface area (Å²) in [4.78, 5) is 11.0. The number of nitrogens with zero attached hydrogens (tertiary/aromatic N) is 1. The number of fused-ring (bicyclic) bond motifs is 1. The van der Waals surface area contributed by atoms with E-state index >= 15 is 0 Å². The second-order valence-corrected chi connectivity index (χ2v) is 4.61. The van der Waals surface area contributed by atoms with Crippen molar-refractivity contribution in [2.45, 2.75) is 19.4 Å². The first-order chi connectivity index (χ1) is 7.50. The van der Waals surface area contributed by atoms with Crippen LogP contribution >= 0.6 is 11.6 Å². The fourth-order valence-electron chi connectivity index (χ4n) is 1.80. The molecule has 0 bridgehead atoms. The number of anilines is 1. The molecule has 4 heteroatoms. The van der Waals surface area contributed by atoms with Gasteiger partial charge in [0.2, 0.25) is 0 Å². The number of carbonyl (C=O) groups is 1. The van der Waals surface area contributed by atoms with Crippen LogP contribution in [-0.2, 0) is 0 Å². The maximum atomic E-state index is 11.0. The van der Waals surface area contributed by atoms with Gasteiger partial charge in [0.15, 0.2) is 0 Å². The highest BCUT2D eigenvalue weighted by molar-refractivity contribution is 6.63. The second kappa shape index (κ2) is 3.83. The number of rotatable bonds is 1. The van der Waals surface area contributed by atoms with E-state index < -0.39 is 5.37 Å². The molecular formula is C12H13ClN2O. The summed E-state index contributed by atoms with van der Waals surface area (Å²) in [7, 11) is 0. The van der Waals surface area contributed by atoms with Gasteiger partial charge in [0.1, 0.15) is 0 Å². The Labute approximate surface area is 99.7 Å². The molecular weight excluding hydrogens is 224 g/mol. The first kappa shape index (κ1) is 11.0. The molecule has 0 spiro atoms. The Kier molecular flexibility index (Phi) is 2.64. The van der Waals surface area contributed by atoms with Crippen LogP contribution < -0.4 is 10.4 Å². The van der Waals surface area contributed by atoms with Crippen LogP contribution in [0.1, 0.15) is 19.4 Å². The van der Waals surface area contributed by atoms with Gasteiger partial charge in [0.25, 0.3) is 0 Å². The van der Waals surface area contributed by atoms with Gasteiger partial charge in [0.05, 0.1) is 11.2 Å². The Morgan fingerprint density at radius 1 is 1.38 bits per heavy atom. The third kappa shape index (κ3) is 1.91. The Hall–Kier alpha value is -1.48. The van der Waals surface area contributed by atoms with Gasteiger partial charge in [-0.3, -0.25) is 15.2 Å². The van der Waals surface area contributed by atoms with Gasteiger partial charge in [-0.2, -0.15) is 0 Å². The summed E-state index contributed by atoms with van der Waals surface area (Å²) in [6.45, 7) is 4.01. The Bertz CT molecular complexity index is 454. The summed E-state index contributed by atoms with van der Waals surface area (Å²) in [6, 6.07) is 7.84. The molecule has 1 aromatic rings. The molecule has 1 N–H and O–H groups in total. The van der Waals surface area contributed by atoms with Crippen LogP contribution in [0.15, 0.2) is 30.3 Å². The first-order valence-electron chi connectivity index (χ1n) is 5.05. The van der Waals surface area contributed by atoms with Gasteiger partial charge in [-0.05, 0) is 37.1 Å². The minimum Gasteiger partial charge on any atom is -0.275 e. The molecule has 84 valence electrons. The number of hydrogen-bond donors (Lipinski definition) is 1. The van der Waals surface area contributed by atoms with E-state index in [1.807, 2.05) is 50.3 Å². The van der Waals surface area contributed by atoms with Gasteiger partial charge in [-0.1, -0.05) is 30.4 Å². The number of amides is 1. The number of hydrazine groups is 1. The van der Waals surface area contributed by atoms with Crippen molar-refractivity contribution in [3.63, 3.8) is 0 Å². The average Bonchev–Trinajstić information content (AvgIpc) is 2.22. The average molecular weight is 237 g/mol. The lowest BCUT2D eigenvalue weighted by molar-refractivity contribution is 0.256. The summed E-state index contributed by atoms with van der Waals surface area (Å²) in [5.74, 6) is 0. The highest BCUT2D eigenvalue weighted by Gasteiger charge is 2.29. The highest BCUT2D eigenvalue weighted by atomic mass is 35.5. The zero-order chi connectivity index (χ0) is 11.8. The van der Waals surface area contributed by atoms with E-state index in [0.717, 1.165) is 11.3 Å². The number of halogens is 1. The number of para-hydroxylation sites is 1. The third-order valence-corrected chi connectivity index (χ3v) is 2.71. The van der Waals surface area contributed by atoms with Gasteiger partial charge in [0, 0.05) is 0 Å². The van der Waals surface area contributed by atoms with Gasteiger partial charge >= 0.3 is 5.37 Å². The quantitative estimate of drug-likeness (QED) is 0.600. The van der Waals surface area contributed by atoms with Crippen molar-refractivity contribution in [2.75, 3.05) is 5.01 Å². The maximum Gasteiger partial charge on any atom is 0.332 e. The Balaban J connectivity index is 2.46. The molecule has 0 atom stereocenters. The zero-order valence-electron chi connectivity index (χ0n) is 9.20. The third-order valence-electron chi connectivity index (χ3n) is 2.62. The van der Waals surface area contributed by atoms with Crippen molar-refractivity contribution >= 4 is 28.7 Å². The lowest BCUT2D eigenvalue weighted by Crippen LogP contribution is -2.53. The predicted molar refractivity (Wildman–Crippen MR) is 66.4 cm³/mol. The largest absolute Gasteiger partial charge is 0.332 e. The number of nitrogens with one attached hydrogen (secondary N) is 1. The van der Waals surface area contributed by atoms with E-state index in [2.05, 4.69) is 5.43 Å². The lowest BCUT2D eigenvalue weighted by Gasteiger charge is -2.40. The Morgan fingerprint density at radius 2 is 2.06 bits per heavy atom. The minimum atomic E-state index is -0.585. The van der Waals surface area contributed by atoms with E-state index in [-0.39, 0.29) is 5.54 Å². The molecule has 0 unspecified atom stereocenters. The summed E-state index contributed by atoms with van der Waals surface area (Å²) >= 11 is 5.39. The van der Waals surface area contributed by atoms with Crippen molar-refractivity contribution in [2.24, 2.45) is 0 Å². The van der Waals surface area contributed by atoms with E-state index in [0.29, 0.717) is 0 Å². The molecule has 0 fully saturated rings. The van der Waals surface area contributed by atoms with Gasteiger partial charge < -0.3 is 0 Å². The van der Waals surface area contributed by atoms with E-state index in [1.54, 1.807) is 5.01 Å². The van der Waals surface area contributed by atoms with E-state index in [1.165, 1.54) is 0 Å². The molecule has 0 radical (unpaired) electrons. The molecule has 1 aliphatic heterocycles. The van der Waals surface area contributed by atoms with Crippen molar-refractivity contribution < 1.29 is 4.79 Å². The lowest BCUT2D eigenvalue weighted by atomic mass is 9.96. The Morgan fingerprint density at radius 3 is 2.75 bits per heavy atom. The van der Waals surface area contributed by atoms with Crippen LogP contribution in [0.3, 0.4) is 0 Å². The summed E-state index contributed by atoms with van der Waals surface area (Å²) < 4.78 is 0. The summed E-state index contributed by atoms with van der Waals surface area (Å²) in [6.07, 6.45) is 4.08. The van der Waals surface area contributed by atoms with Crippen molar-refractivity contribution in [1.29, 1.82) is 0 Å². The second-order valence-electron chi connectivity index (χ2n) is 4.27. The van der Waals surface area contributed by atoms with Crippen LogP contribution in [0.2, 0.25) is 0 Å². The van der Waals surface area contributed by atoms with Gasteiger partial charge in [-0.25, -0.2) is 0 Å². The molecule has 1 heterocycles. The molecule has 16 heavy (non-hydrogen) atoms. The van der Waals surface area contributed by atoms with Crippen molar-refractivity contribution in [3.05, 3.63) is 35.9 Å². The minimum absolute atomic E-state index is 0.293. The highest BCUT2D eigenvalue weighted by Crippen LogP contribution is 2.32. The summed E-state index contributed by atoms with van der Waals surface area (Å²) in [5, 5.41) is 1.19. The maximum absolute atomic E-state index is 11.0. The van der Waals surface area contributed by atoms with E-state index in [9.17, 15) is 4.79 Å². The fourth-order valence-corrected chi connectivity index (χ4v) is 1.89. The van der Waals surface area contributed by atoms with Gasteiger partial charge in [-0.15, -0.1) is 0 Å². The molecule has 1 amide bonds. The predicted octanol–water partition coefficient (Wildman–Crippen LogP) is 3.16. The molecule has 0 aliphatic carbocycles. The van der Waals surface area contributed by atoms with E-state index in [4.69, 9.17) is 11.6 Å². The molecule has 3 nitrogen and oxygen atoms in total. The SMILES string of the molecule is CC1(C)C=Cc2ccccc2N1NC(=O)Cl. The molecule has 0 saturated heterocycles. The fraction of sp³-hybridized carbons (Fsp3) is 0.250. The number of carbonyl (C=O) groups excluding carboxylic acids is 1. The van der Waals surface area contributed by atoms with Crippen LogP contribution in [-0.4, -0.2) is 10.9 Å². The van der Waals surface area contributed by atoms with Crippen LogP contribution in [0.25, 0.3) is 6.08 Å². The topological polar surface area (TPSA) is 32.3 Å². The monoisotopic (exact) mass is 236 g/mol. The van der Waals surface area contributed by atoms with Crippen molar-refractivity contribution in [1.82, 2.24) is 5.43 Å². The first-order valence-corrected chi connectivity index (χ1v) is 5.43. The smallest absolute Gasteiger partial charge is 0.275 e. The normalized spacial score (nSPS) is 16.8. The van der Waals surface area contributed by atoms with Crippen LogP contribution in [0, 0.1) is 0 Å². The number of benzene rings is 1. The summed E-state index contributed by atoms with van der Waals surface area (Å²) in [5.41, 5.74) is 4.35. The molecule has 0 saturated carbocycles. The molecule has 1 aliphatic rings.